The second-order valence-corrected chi connectivity index (χ2v) is 7.22. The topological polar surface area (TPSA) is 73.2 Å². The average Bonchev–Trinajstić information content (AvgIpc) is 2.62. The van der Waals surface area contributed by atoms with Crippen molar-refractivity contribution in [2.75, 3.05) is 18.4 Å². The van der Waals surface area contributed by atoms with E-state index in [0.29, 0.717) is 12.1 Å². The van der Waals surface area contributed by atoms with Crippen LogP contribution in [0.5, 0.6) is 0 Å². The van der Waals surface area contributed by atoms with Gasteiger partial charge in [0.25, 0.3) is 5.91 Å². The zero-order valence-corrected chi connectivity index (χ0v) is 15.5. The van der Waals surface area contributed by atoms with Crippen molar-refractivity contribution in [2.24, 2.45) is 5.92 Å². The van der Waals surface area contributed by atoms with Crippen molar-refractivity contribution in [1.29, 1.82) is 5.26 Å². The van der Waals surface area contributed by atoms with Gasteiger partial charge in [0.1, 0.15) is 11.6 Å². The molecule has 0 saturated carbocycles. The third kappa shape index (κ3) is 4.01. The predicted molar refractivity (Wildman–Crippen MR) is 99.6 cm³/mol. The number of hydrogen-bond donors (Lipinski definition) is 1. The van der Waals surface area contributed by atoms with Crippen molar-refractivity contribution >= 4 is 17.5 Å². The standard InChI is InChI=1S/C21H19F2N3O2/c1-12(2)10-26-11-19(18-8-14(22)3-4-17(18)21(26)28)20(27)25-16-6-13(9-24)5-15(23)7-16/h3-8,12,19H,10-11H2,1-2H3,(H,25,27)/t19-/m0/s1. The smallest absolute Gasteiger partial charge is 0.254 e. The van der Waals surface area contributed by atoms with Gasteiger partial charge in [-0.15, -0.1) is 0 Å². The third-order valence-corrected chi connectivity index (χ3v) is 4.51. The minimum atomic E-state index is -0.809. The van der Waals surface area contributed by atoms with E-state index in [9.17, 15) is 18.4 Å². The molecule has 0 bridgehead atoms. The molecule has 28 heavy (non-hydrogen) atoms. The number of nitrogens with one attached hydrogen (secondary N) is 1. The van der Waals surface area contributed by atoms with Gasteiger partial charge in [0.2, 0.25) is 5.91 Å². The maximum absolute atomic E-state index is 13.8. The van der Waals surface area contributed by atoms with Crippen LogP contribution in [0, 0.1) is 28.9 Å². The number of halogens is 2. The van der Waals surface area contributed by atoms with Crippen LogP contribution in [0.15, 0.2) is 36.4 Å². The Morgan fingerprint density at radius 1 is 1.25 bits per heavy atom. The molecule has 1 aliphatic rings. The number of nitriles is 1. The summed E-state index contributed by atoms with van der Waals surface area (Å²) in [6.45, 7) is 4.47. The van der Waals surface area contributed by atoms with Crippen LogP contribution >= 0.6 is 0 Å². The molecule has 7 heteroatoms. The Hall–Kier alpha value is -3.27. The summed E-state index contributed by atoms with van der Waals surface area (Å²) in [4.78, 5) is 27.2. The minimum Gasteiger partial charge on any atom is -0.337 e. The molecule has 0 unspecified atom stereocenters. The van der Waals surface area contributed by atoms with Crippen LogP contribution in [0.1, 0.15) is 41.3 Å². The summed E-state index contributed by atoms with van der Waals surface area (Å²) in [7, 11) is 0. The number of benzene rings is 2. The van der Waals surface area contributed by atoms with Gasteiger partial charge in [-0.3, -0.25) is 9.59 Å². The van der Waals surface area contributed by atoms with Crippen molar-refractivity contribution in [2.45, 2.75) is 19.8 Å². The molecule has 5 nitrogen and oxygen atoms in total. The van der Waals surface area contributed by atoms with Crippen molar-refractivity contribution in [1.82, 2.24) is 4.90 Å². The molecule has 144 valence electrons. The molecular weight excluding hydrogens is 364 g/mol. The van der Waals surface area contributed by atoms with E-state index >= 15 is 0 Å². The van der Waals surface area contributed by atoms with Crippen LogP contribution in [0.25, 0.3) is 0 Å². The summed E-state index contributed by atoms with van der Waals surface area (Å²) in [5.41, 5.74) is 0.790. The molecule has 2 aromatic rings. The summed E-state index contributed by atoms with van der Waals surface area (Å²) < 4.78 is 27.5. The van der Waals surface area contributed by atoms with E-state index in [0.717, 1.165) is 12.1 Å². The largest absolute Gasteiger partial charge is 0.337 e. The Labute approximate surface area is 161 Å². The van der Waals surface area contributed by atoms with E-state index in [1.165, 1.54) is 24.3 Å². The fraction of sp³-hybridized carbons (Fsp3) is 0.286. The Bertz CT molecular complexity index is 982. The van der Waals surface area contributed by atoms with Crippen LogP contribution in [0.3, 0.4) is 0 Å². The first-order chi connectivity index (χ1) is 13.3. The number of hydrogen-bond acceptors (Lipinski definition) is 3. The van der Waals surface area contributed by atoms with Crippen LogP contribution in [0.2, 0.25) is 0 Å². The lowest BCUT2D eigenvalue weighted by atomic mass is 9.88. The first kappa shape index (κ1) is 19.5. The summed E-state index contributed by atoms with van der Waals surface area (Å²) >= 11 is 0. The molecule has 1 atom stereocenters. The molecule has 0 aliphatic carbocycles. The Morgan fingerprint density at radius 3 is 2.68 bits per heavy atom. The van der Waals surface area contributed by atoms with E-state index in [4.69, 9.17) is 5.26 Å². The van der Waals surface area contributed by atoms with Gasteiger partial charge in [-0.25, -0.2) is 8.78 Å². The monoisotopic (exact) mass is 383 g/mol. The Balaban J connectivity index is 1.95. The summed E-state index contributed by atoms with van der Waals surface area (Å²) in [5.74, 6) is -2.56. The molecule has 1 heterocycles. The van der Waals surface area contributed by atoms with E-state index in [1.807, 2.05) is 19.9 Å². The second-order valence-electron chi connectivity index (χ2n) is 7.22. The zero-order valence-electron chi connectivity index (χ0n) is 15.5. The van der Waals surface area contributed by atoms with Gasteiger partial charge in [-0.2, -0.15) is 5.26 Å². The van der Waals surface area contributed by atoms with E-state index in [2.05, 4.69) is 5.32 Å². The zero-order chi connectivity index (χ0) is 20.4. The number of nitrogens with zero attached hydrogens (tertiary/aromatic N) is 2. The van der Waals surface area contributed by atoms with Crippen LogP contribution in [-0.4, -0.2) is 29.8 Å². The van der Waals surface area contributed by atoms with Gasteiger partial charge >= 0.3 is 0 Å². The molecule has 0 aromatic heterocycles. The lowest BCUT2D eigenvalue weighted by Crippen LogP contribution is -2.45. The SMILES string of the molecule is CC(C)CN1C[C@H](C(=O)Nc2cc(F)cc(C#N)c2)c2cc(F)ccc2C1=O. The van der Waals surface area contributed by atoms with Crippen molar-refractivity contribution in [3.63, 3.8) is 0 Å². The van der Waals surface area contributed by atoms with Crippen LogP contribution < -0.4 is 5.32 Å². The molecular formula is C21H19F2N3O2. The molecule has 1 aliphatic heterocycles. The molecule has 1 N–H and O–H groups in total. The van der Waals surface area contributed by atoms with Gasteiger partial charge in [0, 0.05) is 24.3 Å². The van der Waals surface area contributed by atoms with E-state index < -0.39 is 23.5 Å². The molecule has 3 rings (SSSR count). The van der Waals surface area contributed by atoms with Gasteiger partial charge < -0.3 is 10.2 Å². The minimum absolute atomic E-state index is 0.0713. The lowest BCUT2D eigenvalue weighted by Gasteiger charge is -2.34. The molecule has 0 spiro atoms. The van der Waals surface area contributed by atoms with Gasteiger partial charge in [-0.1, -0.05) is 13.8 Å². The number of amides is 2. The highest BCUT2D eigenvalue weighted by Crippen LogP contribution is 2.31. The summed E-state index contributed by atoms with van der Waals surface area (Å²) in [6, 6.07) is 9.11. The van der Waals surface area contributed by atoms with Gasteiger partial charge in [0.05, 0.1) is 17.6 Å². The molecule has 0 fully saturated rings. The first-order valence-electron chi connectivity index (χ1n) is 8.88. The van der Waals surface area contributed by atoms with E-state index in [1.54, 1.807) is 4.90 Å². The van der Waals surface area contributed by atoms with Crippen molar-refractivity contribution in [3.8, 4) is 6.07 Å². The molecule has 0 radical (unpaired) electrons. The highest BCUT2D eigenvalue weighted by atomic mass is 19.1. The molecule has 0 saturated heterocycles. The predicted octanol–water partition coefficient (Wildman–Crippen LogP) is 3.67. The highest BCUT2D eigenvalue weighted by molar-refractivity contribution is 6.03. The molecule has 2 aromatic carbocycles. The highest BCUT2D eigenvalue weighted by Gasteiger charge is 2.35. The first-order valence-corrected chi connectivity index (χ1v) is 8.88. The number of anilines is 1. The van der Waals surface area contributed by atoms with Gasteiger partial charge in [0.15, 0.2) is 0 Å². The maximum Gasteiger partial charge on any atom is 0.254 e. The Morgan fingerprint density at radius 2 is 2.00 bits per heavy atom. The fourth-order valence-electron chi connectivity index (χ4n) is 3.37. The molecule has 2 amide bonds. The van der Waals surface area contributed by atoms with Gasteiger partial charge in [-0.05, 0) is 47.9 Å². The summed E-state index contributed by atoms with van der Waals surface area (Å²) in [6.07, 6.45) is 0. The summed E-state index contributed by atoms with van der Waals surface area (Å²) in [5, 5.41) is 11.5. The third-order valence-electron chi connectivity index (χ3n) is 4.51. The Kier molecular flexibility index (Phi) is 5.41. The van der Waals surface area contributed by atoms with Crippen LogP contribution in [-0.2, 0) is 4.79 Å². The van der Waals surface area contributed by atoms with Crippen molar-refractivity contribution in [3.05, 3.63) is 64.7 Å². The van der Waals surface area contributed by atoms with E-state index in [-0.39, 0.29) is 35.2 Å². The average molecular weight is 383 g/mol. The fourth-order valence-corrected chi connectivity index (χ4v) is 3.37. The number of rotatable bonds is 4. The lowest BCUT2D eigenvalue weighted by molar-refractivity contribution is -0.118. The number of carbonyl (C=O) groups excluding carboxylic acids is 2. The second kappa shape index (κ2) is 7.77. The normalized spacial score (nSPS) is 15.9. The quantitative estimate of drug-likeness (QED) is 0.876. The number of carbonyl (C=O) groups is 2. The van der Waals surface area contributed by atoms with Crippen molar-refractivity contribution < 1.29 is 18.4 Å². The number of fused-ring (bicyclic) bond motifs is 1. The van der Waals surface area contributed by atoms with Crippen LogP contribution in [0.4, 0.5) is 14.5 Å². The maximum atomic E-state index is 13.8.